The summed E-state index contributed by atoms with van der Waals surface area (Å²) in [4.78, 5) is 11.1. The molecule has 0 heterocycles. The van der Waals surface area contributed by atoms with Crippen LogP contribution in [0.25, 0.3) is 0 Å². The van der Waals surface area contributed by atoms with E-state index in [9.17, 15) is 20.1 Å². The molecule has 2 atom stereocenters. The number of phenols is 2. The van der Waals surface area contributed by atoms with E-state index in [4.69, 9.17) is 9.85 Å². The van der Waals surface area contributed by atoms with Gasteiger partial charge in [0, 0.05) is 0 Å². The Morgan fingerprint density at radius 2 is 2.07 bits per heavy atom. The van der Waals surface area contributed by atoms with Crippen LogP contribution in [-0.2, 0) is 4.79 Å². The van der Waals surface area contributed by atoms with Gasteiger partial charge in [-0.3, -0.25) is 4.79 Å². The fourth-order valence-electron chi connectivity index (χ4n) is 0.954. The Labute approximate surface area is 91.0 Å². The third kappa shape index (κ3) is 2.45. The number of hydrogen-bond donors (Lipinski definition) is 4. The number of rotatable bonds is 3. The van der Waals surface area contributed by atoms with Crippen molar-refractivity contribution in [2.45, 2.75) is 19.1 Å². The number of nitrogens with two attached hydrogens (primary N) is 1. The van der Waals surface area contributed by atoms with E-state index in [1.54, 1.807) is 0 Å². The summed E-state index contributed by atoms with van der Waals surface area (Å²) in [6.07, 6.45) is -1.70. The van der Waals surface area contributed by atoms with Gasteiger partial charge in [0.2, 0.25) is 0 Å². The molecule has 0 amide bonds. The van der Waals surface area contributed by atoms with Gasteiger partial charge in [-0.25, -0.2) is 0 Å². The molecule has 1 aromatic carbocycles. The predicted molar refractivity (Wildman–Crippen MR) is 53.4 cm³/mol. The van der Waals surface area contributed by atoms with Gasteiger partial charge >= 0.3 is 0 Å². The summed E-state index contributed by atoms with van der Waals surface area (Å²) in [5, 5.41) is 28.4. The van der Waals surface area contributed by atoms with Crippen LogP contribution in [0.4, 0.5) is 0 Å². The second-order valence-corrected chi connectivity index (χ2v) is 3.07. The summed E-state index contributed by atoms with van der Waals surface area (Å²) in [5.41, 5.74) is 4.94. The molecule has 0 saturated carbocycles. The van der Waals surface area contributed by atoms with Crippen molar-refractivity contribution in [2.75, 3.05) is 0 Å². The fourth-order valence-corrected chi connectivity index (χ4v) is 0.954. The zero-order valence-electron chi connectivity index (χ0n) is 11.0. The van der Waals surface area contributed by atoms with Crippen LogP contribution >= 0.6 is 0 Å². The third-order valence-electron chi connectivity index (χ3n) is 1.90. The highest BCUT2D eigenvalue weighted by atomic mass is 16.3. The van der Waals surface area contributed by atoms with Crippen LogP contribution in [-0.4, -0.2) is 27.1 Å². The van der Waals surface area contributed by atoms with Gasteiger partial charge in [0.15, 0.2) is 11.5 Å². The van der Waals surface area contributed by atoms with Crippen LogP contribution < -0.4 is 5.73 Å². The number of carbonyl (C=O) groups excluding carboxylic acids is 1. The summed E-state index contributed by atoms with van der Waals surface area (Å²) < 4.78 is 22.4. The molecule has 0 bridgehead atoms. The maximum atomic E-state index is 11.1. The molecule has 0 aliphatic carbocycles. The number of aliphatic hydroxyl groups excluding tert-OH is 1. The van der Waals surface area contributed by atoms with Crippen LogP contribution in [0.2, 0.25) is 0 Å². The van der Waals surface area contributed by atoms with E-state index >= 15 is 0 Å². The first-order chi connectivity index (χ1) is 8.20. The Morgan fingerprint density at radius 1 is 1.47 bits per heavy atom. The Balaban J connectivity index is 3.46. The van der Waals surface area contributed by atoms with Gasteiger partial charge in [-0.2, -0.15) is 0 Å². The normalized spacial score (nSPS) is 17.4. The molecule has 0 aliphatic heterocycles. The highest BCUT2D eigenvalue weighted by Crippen LogP contribution is 2.28. The van der Waals surface area contributed by atoms with Crippen molar-refractivity contribution in [1.29, 1.82) is 0 Å². The average Bonchev–Trinajstić information content (AvgIpc) is 2.32. The molecule has 5 nitrogen and oxygen atoms in total. The zero-order chi connectivity index (χ0) is 14.2. The van der Waals surface area contributed by atoms with Crippen molar-refractivity contribution < 1.29 is 24.2 Å². The number of hydrogen-bond acceptors (Lipinski definition) is 5. The largest absolute Gasteiger partial charge is 0.504 e. The van der Waals surface area contributed by atoms with E-state index < -0.39 is 53.1 Å². The Hall–Kier alpha value is -1.59. The Kier molecular flexibility index (Phi) is 2.19. The van der Waals surface area contributed by atoms with Gasteiger partial charge < -0.3 is 21.1 Å². The molecular formula is C10H13NO4. The monoisotopic (exact) mass is 214 g/mol. The van der Waals surface area contributed by atoms with Gasteiger partial charge in [-0.1, -0.05) is 6.04 Å². The molecule has 1 rings (SSSR count). The lowest BCUT2D eigenvalue weighted by molar-refractivity contribution is -0.120. The molecule has 5 N–H and O–H groups in total. The van der Waals surface area contributed by atoms with E-state index in [2.05, 4.69) is 0 Å². The minimum atomic E-state index is -1.70. The van der Waals surface area contributed by atoms with Crippen LogP contribution in [0.3, 0.4) is 0 Å². The minimum absolute atomic E-state index is 0.460. The number of benzene rings is 1. The van der Waals surface area contributed by atoms with Crippen molar-refractivity contribution >= 4 is 5.78 Å². The smallest absolute Gasteiger partial charge is 0.157 e. The molecule has 5 heteroatoms. The summed E-state index contributed by atoms with van der Waals surface area (Å²) in [7, 11) is 0. The predicted octanol–water partition coefficient (Wildman–Crippen LogP) is 0.0475. The Morgan fingerprint density at radius 3 is 2.60 bits per heavy atom. The van der Waals surface area contributed by atoms with Crippen molar-refractivity contribution in [3.63, 3.8) is 0 Å². The van der Waals surface area contributed by atoms with Gasteiger partial charge in [-0.05, 0) is 24.6 Å². The molecule has 0 aromatic heterocycles. The van der Waals surface area contributed by atoms with Gasteiger partial charge in [0.25, 0.3) is 0 Å². The minimum Gasteiger partial charge on any atom is -0.504 e. The summed E-state index contributed by atoms with van der Waals surface area (Å²) in [5.74, 6) is -2.42. The number of carbonyl (C=O) groups is 1. The fraction of sp³-hybridized carbons (Fsp3) is 0.300. The van der Waals surface area contributed by atoms with Crippen LogP contribution in [0.15, 0.2) is 18.1 Å². The summed E-state index contributed by atoms with van der Waals surface area (Å²) in [6.45, 7) is 1.13. The SMILES string of the molecule is [2H]c1c([2H])c([C@@H](O)[C@@H](N)C(C)=O)c([2H])c(O)c1O. The number of Topliss-reactive ketones (excluding diaryl/α,β-unsaturated/α-hetero) is 1. The molecule has 0 aliphatic rings. The highest BCUT2D eigenvalue weighted by Gasteiger charge is 2.21. The first kappa shape index (κ1) is 7.67. The first-order valence-corrected chi connectivity index (χ1v) is 4.15. The number of aromatic hydroxyl groups is 2. The quantitative estimate of drug-likeness (QED) is 0.532. The van der Waals surface area contributed by atoms with Gasteiger partial charge in [-0.15, -0.1) is 0 Å². The summed E-state index contributed by atoms with van der Waals surface area (Å²) >= 11 is 0. The van der Waals surface area contributed by atoms with E-state index in [1.165, 1.54) is 0 Å². The van der Waals surface area contributed by atoms with Crippen LogP contribution in [0.1, 0.15) is 22.7 Å². The van der Waals surface area contributed by atoms with Crippen LogP contribution in [0.5, 0.6) is 11.5 Å². The number of phenolic OH excluding ortho intramolecular Hbond substituents is 2. The van der Waals surface area contributed by atoms with E-state index in [-0.39, 0.29) is 0 Å². The van der Waals surface area contributed by atoms with Crippen molar-refractivity contribution in [2.24, 2.45) is 5.73 Å². The van der Waals surface area contributed by atoms with E-state index in [1.807, 2.05) is 0 Å². The third-order valence-corrected chi connectivity index (χ3v) is 1.90. The number of aliphatic hydroxyl groups is 1. The Bertz CT molecular complexity index is 477. The molecule has 1 aromatic rings. The molecule has 15 heavy (non-hydrogen) atoms. The molecule has 82 valence electrons. The van der Waals surface area contributed by atoms with Gasteiger partial charge in [0.1, 0.15) is 11.9 Å². The average molecular weight is 214 g/mol. The standard InChI is InChI=1S/C10H13NO4/c1-5(12)9(11)10(15)6-2-3-7(13)8(14)4-6/h2-4,9-10,13-15H,11H2,1H3/t9-,10+/m0/s1/i2D,3D,4D. The number of ketones is 1. The van der Waals surface area contributed by atoms with E-state index in [0.29, 0.717) is 0 Å². The van der Waals surface area contributed by atoms with Crippen LogP contribution in [0, 0.1) is 0 Å². The van der Waals surface area contributed by atoms with Gasteiger partial charge in [0.05, 0.1) is 10.2 Å². The molecule has 0 fully saturated rings. The molecule has 0 spiro atoms. The topological polar surface area (TPSA) is 104 Å². The molecular weight excluding hydrogens is 198 g/mol. The molecule has 0 unspecified atom stereocenters. The van der Waals surface area contributed by atoms with Crippen molar-refractivity contribution in [1.82, 2.24) is 0 Å². The van der Waals surface area contributed by atoms with Crippen molar-refractivity contribution in [3.8, 4) is 11.5 Å². The van der Waals surface area contributed by atoms with E-state index in [0.717, 1.165) is 6.92 Å². The maximum Gasteiger partial charge on any atom is 0.157 e. The molecule has 0 saturated heterocycles. The maximum absolute atomic E-state index is 11.1. The highest BCUT2D eigenvalue weighted by molar-refractivity contribution is 5.82. The lowest BCUT2D eigenvalue weighted by Gasteiger charge is -2.16. The lowest BCUT2D eigenvalue weighted by Crippen LogP contribution is -2.35. The lowest BCUT2D eigenvalue weighted by atomic mass is 10.00. The molecule has 0 radical (unpaired) electrons. The summed E-state index contributed by atoms with van der Waals surface area (Å²) in [6, 6.07) is -3.49. The zero-order valence-corrected chi connectivity index (χ0v) is 7.98. The first-order valence-electron chi connectivity index (χ1n) is 5.65. The second-order valence-electron chi connectivity index (χ2n) is 3.07. The second kappa shape index (κ2) is 4.29. The van der Waals surface area contributed by atoms with Crippen molar-refractivity contribution in [3.05, 3.63) is 23.7 Å².